The van der Waals surface area contributed by atoms with Gasteiger partial charge in [-0.15, -0.1) is 12.4 Å². The Labute approximate surface area is 211 Å². The molecule has 2 heterocycles. The third-order valence-corrected chi connectivity index (χ3v) is 5.66. The average Bonchev–Trinajstić information content (AvgIpc) is 3.11. The molecule has 0 atom stereocenters. The van der Waals surface area contributed by atoms with E-state index in [0.29, 0.717) is 22.6 Å². The van der Waals surface area contributed by atoms with Gasteiger partial charge in [0.05, 0.1) is 11.3 Å². The number of amides is 2. The second-order valence-corrected chi connectivity index (χ2v) is 8.32. The third kappa shape index (κ3) is 7.26. The van der Waals surface area contributed by atoms with Gasteiger partial charge in [0.15, 0.2) is 0 Å². The van der Waals surface area contributed by atoms with Gasteiger partial charge in [0, 0.05) is 37.1 Å². The first-order valence-corrected chi connectivity index (χ1v) is 11.2. The Bertz CT molecular complexity index is 1130. The molecular weight excluding hydrogens is 466 g/mol. The van der Waals surface area contributed by atoms with Gasteiger partial charge in [-0.1, -0.05) is 17.7 Å². The standard InChI is InChI=1S/C26H29N5O2.ClH.H2O/c1-18-4-10-23(22(16-18)26(33)30-24-11-5-19(2)17-28-24)29-25(32)20-6-8-21(9-7-20)31-14-3-12-27-13-15-31;;/h4-11,16-17,27H,3,12-15H2,1-2H3,(H,29,32)(H,28,30,33);1H;1H2. The molecular formula is C26H32ClN5O3. The summed E-state index contributed by atoms with van der Waals surface area (Å²) in [5.74, 6) is -0.121. The number of carbonyl (C=O) groups is 2. The molecule has 1 fully saturated rings. The SMILES string of the molecule is Cc1ccc(NC(=O)c2cc(C)ccc2NC(=O)c2ccc(N3CCCNCC3)cc2)nc1.Cl.O. The number of rotatable bonds is 5. The maximum absolute atomic E-state index is 12.9. The molecule has 186 valence electrons. The summed E-state index contributed by atoms with van der Waals surface area (Å²) in [5.41, 5.74) is 4.42. The zero-order valence-corrected chi connectivity index (χ0v) is 20.7. The number of hydrogen-bond acceptors (Lipinski definition) is 5. The normalized spacial score (nSPS) is 13.0. The van der Waals surface area contributed by atoms with Crippen LogP contribution in [-0.2, 0) is 0 Å². The molecule has 9 heteroatoms. The van der Waals surface area contributed by atoms with E-state index in [1.54, 1.807) is 24.4 Å². The van der Waals surface area contributed by atoms with Gasteiger partial charge in [0.1, 0.15) is 5.82 Å². The van der Waals surface area contributed by atoms with Crippen LogP contribution in [0.5, 0.6) is 0 Å². The lowest BCUT2D eigenvalue weighted by Gasteiger charge is -2.22. The second-order valence-electron chi connectivity index (χ2n) is 8.32. The molecule has 0 bridgehead atoms. The van der Waals surface area contributed by atoms with Crippen molar-refractivity contribution in [3.63, 3.8) is 0 Å². The topological polar surface area (TPSA) is 118 Å². The quantitative estimate of drug-likeness (QED) is 0.497. The molecule has 0 saturated carbocycles. The van der Waals surface area contributed by atoms with Gasteiger partial charge < -0.3 is 26.3 Å². The van der Waals surface area contributed by atoms with Gasteiger partial charge in [0.25, 0.3) is 11.8 Å². The smallest absolute Gasteiger partial charge is 0.258 e. The minimum atomic E-state index is -0.324. The maximum Gasteiger partial charge on any atom is 0.258 e. The fourth-order valence-corrected chi connectivity index (χ4v) is 3.80. The molecule has 5 N–H and O–H groups in total. The number of nitrogens with zero attached hydrogens (tertiary/aromatic N) is 2. The van der Waals surface area contributed by atoms with Crippen molar-refractivity contribution in [2.75, 3.05) is 41.7 Å². The highest BCUT2D eigenvalue weighted by Gasteiger charge is 2.16. The van der Waals surface area contributed by atoms with E-state index in [1.165, 1.54) is 0 Å². The van der Waals surface area contributed by atoms with Gasteiger partial charge >= 0.3 is 0 Å². The minimum absolute atomic E-state index is 0. The van der Waals surface area contributed by atoms with Crippen LogP contribution in [0.3, 0.4) is 0 Å². The Balaban J connectivity index is 0.00000216. The Morgan fingerprint density at radius 2 is 1.63 bits per heavy atom. The predicted molar refractivity (Wildman–Crippen MR) is 143 cm³/mol. The fraction of sp³-hybridized carbons (Fsp3) is 0.269. The maximum atomic E-state index is 12.9. The van der Waals surface area contributed by atoms with E-state index >= 15 is 0 Å². The number of nitrogens with one attached hydrogen (secondary N) is 3. The molecule has 0 radical (unpaired) electrons. The molecule has 0 unspecified atom stereocenters. The van der Waals surface area contributed by atoms with Crippen LogP contribution >= 0.6 is 12.4 Å². The molecule has 35 heavy (non-hydrogen) atoms. The lowest BCUT2D eigenvalue weighted by atomic mass is 10.1. The summed E-state index contributed by atoms with van der Waals surface area (Å²) in [7, 11) is 0. The van der Waals surface area contributed by atoms with Crippen LogP contribution in [0.4, 0.5) is 17.2 Å². The number of aromatic nitrogens is 1. The molecule has 2 aromatic carbocycles. The van der Waals surface area contributed by atoms with E-state index in [-0.39, 0.29) is 29.7 Å². The number of hydrogen-bond donors (Lipinski definition) is 3. The van der Waals surface area contributed by atoms with Crippen molar-refractivity contribution < 1.29 is 15.1 Å². The Morgan fingerprint density at radius 1 is 0.886 bits per heavy atom. The largest absolute Gasteiger partial charge is 0.412 e. The van der Waals surface area contributed by atoms with Crippen LogP contribution in [0.2, 0.25) is 0 Å². The van der Waals surface area contributed by atoms with Crippen molar-refractivity contribution in [3.05, 3.63) is 83.0 Å². The summed E-state index contributed by atoms with van der Waals surface area (Å²) in [5, 5.41) is 9.10. The van der Waals surface area contributed by atoms with Gasteiger partial charge in [-0.2, -0.15) is 0 Å². The first-order chi connectivity index (χ1) is 16.0. The summed E-state index contributed by atoms with van der Waals surface area (Å²) in [6.07, 6.45) is 2.79. The van der Waals surface area contributed by atoms with E-state index in [1.807, 2.05) is 50.2 Å². The first kappa shape index (κ1) is 27.8. The predicted octanol–water partition coefficient (Wildman–Crippen LogP) is 3.60. The summed E-state index contributed by atoms with van der Waals surface area (Å²) in [6, 6.07) is 16.6. The molecule has 8 nitrogen and oxygen atoms in total. The van der Waals surface area contributed by atoms with Gasteiger partial charge in [0.2, 0.25) is 0 Å². The van der Waals surface area contributed by atoms with Crippen molar-refractivity contribution >= 4 is 41.4 Å². The molecule has 1 aliphatic rings. The van der Waals surface area contributed by atoms with Crippen LogP contribution in [0.15, 0.2) is 60.8 Å². The monoisotopic (exact) mass is 497 g/mol. The molecule has 0 spiro atoms. The zero-order valence-electron chi connectivity index (χ0n) is 19.9. The van der Waals surface area contributed by atoms with Gasteiger partial charge in [-0.05, 0) is 74.8 Å². The number of benzene rings is 2. The molecule has 3 aromatic rings. The van der Waals surface area contributed by atoms with Crippen LogP contribution in [0, 0.1) is 13.8 Å². The molecule has 1 saturated heterocycles. The Kier molecular flexibility index (Phi) is 10.2. The van der Waals surface area contributed by atoms with Gasteiger partial charge in [-0.3, -0.25) is 9.59 Å². The summed E-state index contributed by atoms with van der Waals surface area (Å²) < 4.78 is 0. The van der Waals surface area contributed by atoms with Gasteiger partial charge in [-0.25, -0.2) is 4.98 Å². The van der Waals surface area contributed by atoms with E-state index in [9.17, 15) is 9.59 Å². The zero-order chi connectivity index (χ0) is 23.2. The number of aryl methyl sites for hydroxylation is 2. The number of pyridine rings is 1. The molecule has 1 aliphatic heterocycles. The van der Waals surface area contributed by atoms with E-state index < -0.39 is 0 Å². The third-order valence-electron chi connectivity index (χ3n) is 5.66. The summed E-state index contributed by atoms with van der Waals surface area (Å²) in [4.78, 5) is 32.4. The highest BCUT2D eigenvalue weighted by Crippen LogP contribution is 2.21. The van der Waals surface area contributed by atoms with Crippen molar-refractivity contribution in [2.24, 2.45) is 0 Å². The molecule has 1 aromatic heterocycles. The second kappa shape index (κ2) is 12.9. The lowest BCUT2D eigenvalue weighted by molar-refractivity contribution is 0.102. The Hall–Kier alpha value is -3.46. The van der Waals surface area contributed by atoms with Crippen LogP contribution in [0.25, 0.3) is 0 Å². The van der Waals surface area contributed by atoms with Crippen LogP contribution in [-0.4, -0.2) is 48.5 Å². The number of anilines is 3. The molecule has 4 rings (SSSR count). The highest BCUT2D eigenvalue weighted by atomic mass is 35.5. The molecule has 2 amide bonds. The lowest BCUT2D eigenvalue weighted by Crippen LogP contribution is -2.27. The first-order valence-electron chi connectivity index (χ1n) is 11.2. The van der Waals surface area contributed by atoms with Crippen molar-refractivity contribution in [2.45, 2.75) is 20.3 Å². The van der Waals surface area contributed by atoms with Crippen molar-refractivity contribution in [3.8, 4) is 0 Å². The number of halogens is 1. The molecule has 0 aliphatic carbocycles. The minimum Gasteiger partial charge on any atom is -0.412 e. The number of carbonyl (C=O) groups excluding carboxylic acids is 2. The van der Waals surface area contributed by atoms with Crippen LogP contribution in [0.1, 0.15) is 38.3 Å². The highest BCUT2D eigenvalue weighted by molar-refractivity contribution is 6.12. The van der Waals surface area contributed by atoms with E-state index in [4.69, 9.17) is 0 Å². The summed E-state index contributed by atoms with van der Waals surface area (Å²) >= 11 is 0. The fourth-order valence-electron chi connectivity index (χ4n) is 3.80. The van der Waals surface area contributed by atoms with E-state index in [0.717, 1.165) is 49.4 Å². The summed E-state index contributed by atoms with van der Waals surface area (Å²) in [6.45, 7) is 7.77. The van der Waals surface area contributed by atoms with E-state index in [2.05, 4.69) is 25.8 Å². The van der Waals surface area contributed by atoms with Crippen LogP contribution < -0.4 is 20.9 Å². The average molecular weight is 498 g/mol. The van der Waals surface area contributed by atoms with Crippen molar-refractivity contribution in [1.29, 1.82) is 0 Å². The Morgan fingerprint density at radius 3 is 2.34 bits per heavy atom. The van der Waals surface area contributed by atoms with Crippen molar-refractivity contribution in [1.82, 2.24) is 10.3 Å².